The molecule has 1 aliphatic heterocycles. The molecule has 0 unspecified atom stereocenters. The molecule has 3 aromatic heterocycles. The molecule has 1 N–H and O–H groups in total. The number of H-pyrrole nitrogens is 1. The van der Waals surface area contributed by atoms with Gasteiger partial charge in [0.25, 0.3) is 0 Å². The number of nitrogens with zero attached hydrogens (tertiary/aromatic N) is 5. The maximum atomic E-state index is 12.6. The molecule has 0 spiro atoms. The van der Waals surface area contributed by atoms with Gasteiger partial charge in [-0.1, -0.05) is 0 Å². The second-order valence-corrected chi connectivity index (χ2v) is 10.2. The van der Waals surface area contributed by atoms with Gasteiger partial charge in [0, 0.05) is 24.6 Å². The van der Waals surface area contributed by atoms with Gasteiger partial charge in [0.05, 0.1) is 35.7 Å². The van der Waals surface area contributed by atoms with E-state index in [0.717, 1.165) is 0 Å². The molecule has 0 aromatic carbocycles. The second-order valence-electron chi connectivity index (χ2n) is 7.67. The van der Waals surface area contributed by atoms with Crippen LogP contribution < -0.4 is 4.90 Å². The van der Waals surface area contributed by atoms with Crippen LogP contribution in [0.15, 0.2) is 24.5 Å². The Bertz CT molecular complexity index is 1100. The van der Waals surface area contributed by atoms with E-state index in [1.807, 2.05) is 12.1 Å². The highest BCUT2D eigenvalue weighted by atomic mass is 32.2. The zero-order valence-corrected chi connectivity index (χ0v) is 17.2. The van der Waals surface area contributed by atoms with E-state index in [9.17, 15) is 8.42 Å². The van der Waals surface area contributed by atoms with Crippen molar-refractivity contribution >= 4 is 21.2 Å². The van der Waals surface area contributed by atoms with Crippen LogP contribution in [-0.2, 0) is 19.3 Å². The lowest BCUT2D eigenvalue weighted by molar-refractivity contribution is 0.0984. The first-order valence-corrected chi connectivity index (χ1v) is 11.0. The first kappa shape index (κ1) is 18.9. The number of rotatable bonds is 4. The third-order valence-corrected chi connectivity index (χ3v) is 7.54. The van der Waals surface area contributed by atoms with E-state index < -0.39 is 14.6 Å². The molecule has 10 heteroatoms. The van der Waals surface area contributed by atoms with Crippen molar-refractivity contribution in [1.82, 2.24) is 24.8 Å². The van der Waals surface area contributed by atoms with E-state index in [2.05, 4.69) is 27.0 Å². The zero-order chi connectivity index (χ0) is 20.1. The molecule has 1 atom stereocenters. The Hall–Kier alpha value is -2.46. The van der Waals surface area contributed by atoms with Crippen LogP contribution in [-0.4, -0.2) is 65.3 Å². The lowest BCUT2D eigenvalue weighted by Crippen LogP contribution is -2.44. The SMILES string of the molecule is C[C@@H]1COCCN1c1cc(C(C)(C)S(C)(=O)=O)c2cnc(-c3ccn[nH]3)n2n1. The minimum atomic E-state index is -3.38. The summed E-state index contributed by atoms with van der Waals surface area (Å²) >= 11 is 0. The van der Waals surface area contributed by atoms with Crippen LogP contribution in [0.1, 0.15) is 26.3 Å². The van der Waals surface area contributed by atoms with Crippen LogP contribution in [0.3, 0.4) is 0 Å². The molecule has 150 valence electrons. The predicted molar refractivity (Wildman–Crippen MR) is 106 cm³/mol. The van der Waals surface area contributed by atoms with Gasteiger partial charge in [0.1, 0.15) is 11.5 Å². The summed E-state index contributed by atoms with van der Waals surface area (Å²) in [6, 6.07) is 3.81. The zero-order valence-electron chi connectivity index (χ0n) is 16.4. The molecule has 0 amide bonds. The normalized spacial score (nSPS) is 18.7. The van der Waals surface area contributed by atoms with Crippen molar-refractivity contribution in [3.05, 3.63) is 30.1 Å². The second kappa shape index (κ2) is 6.56. The van der Waals surface area contributed by atoms with E-state index >= 15 is 0 Å². The fourth-order valence-electron chi connectivity index (χ4n) is 3.42. The average molecular weight is 404 g/mol. The van der Waals surface area contributed by atoms with Gasteiger partial charge in [-0.05, 0) is 32.9 Å². The standard InChI is InChI=1S/C18H24N6O3S/c1-12-11-27-8-7-23(12)16-9-13(18(2,3)28(4,25)26)15-10-19-17(24(15)22-16)14-5-6-20-21-14/h5-6,9-10,12H,7-8,11H2,1-4H3,(H,20,21)/t12-/m1/s1. The Morgan fingerprint density at radius 2 is 2.14 bits per heavy atom. The maximum Gasteiger partial charge on any atom is 0.179 e. The number of morpholine rings is 1. The predicted octanol–water partition coefficient (Wildman–Crippen LogP) is 1.62. The van der Waals surface area contributed by atoms with Gasteiger partial charge in [-0.3, -0.25) is 5.10 Å². The van der Waals surface area contributed by atoms with E-state index in [1.165, 1.54) is 6.26 Å². The third kappa shape index (κ3) is 2.96. The summed E-state index contributed by atoms with van der Waals surface area (Å²) in [5, 5.41) is 11.7. The van der Waals surface area contributed by atoms with Crippen molar-refractivity contribution < 1.29 is 13.2 Å². The lowest BCUT2D eigenvalue weighted by atomic mass is 10.0. The Balaban J connectivity index is 1.99. The Morgan fingerprint density at radius 3 is 2.79 bits per heavy atom. The van der Waals surface area contributed by atoms with Gasteiger partial charge in [-0.2, -0.15) is 5.10 Å². The van der Waals surface area contributed by atoms with Gasteiger partial charge in [-0.25, -0.2) is 17.9 Å². The number of imidazole rings is 1. The first-order valence-electron chi connectivity index (χ1n) is 9.13. The number of aromatic amines is 1. The monoisotopic (exact) mass is 404 g/mol. The number of nitrogens with one attached hydrogen (secondary N) is 1. The smallest absolute Gasteiger partial charge is 0.179 e. The number of anilines is 1. The summed E-state index contributed by atoms with van der Waals surface area (Å²) in [5.41, 5.74) is 2.03. The fraction of sp³-hybridized carbons (Fsp3) is 0.500. The van der Waals surface area contributed by atoms with E-state index in [0.29, 0.717) is 48.2 Å². The Morgan fingerprint density at radius 1 is 1.36 bits per heavy atom. The molecule has 9 nitrogen and oxygen atoms in total. The first-order chi connectivity index (χ1) is 13.2. The Labute approximate surface area is 163 Å². The number of hydrogen-bond acceptors (Lipinski definition) is 7. The van der Waals surface area contributed by atoms with Gasteiger partial charge < -0.3 is 9.64 Å². The van der Waals surface area contributed by atoms with Gasteiger partial charge in [0.2, 0.25) is 0 Å². The molecule has 4 rings (SSSR count). The minimum Gasteiger partial charge on any atom is -0.377 e. The molecular weight excluding hydrogens is 380 g/mol. The van der Waals surface area contributed by atoms with Crippen LogP contribution in [0.4, 0.5) is 5.82 Å². The van der Waals surface area contributed by atoms with E-state index in [4.69, 9.17) is 9.84 Å². The number of sulfone groups is 1. The summed E-state index contributed by atoms with van der Waals surface area (Å²) in [6.45, 7) is 7.39. The van der Waals surface area contributed by atoms with E-state index in [1.54, 1.807) is 30.8 Å². The summed E-state index contributed by atoms with van der Waals surface area (Å²) in [6.07, 6.45) is 4.57. The molecule has 4 heterocycles. The quantitative estimate of drug-likeness (QED) is 0.704. The molecular formula is C18H24N6O3S. The summed E-state index contributed by atoms with van der Waals surface area (Å²) < 4.78 is 31.3. The molecule has 3 aromatic rings. The minimum absolute atomic E-state index is 0.132. The van der Waals surface area contributed by atoms with Crippen molar-refractivity contribution in [2.75, 3.05) is 30.9 Å². The van der Waals surface area contributed by atoms with Crippen LogP contribution in [0.25, 0.3) is 17.0 Å². The topological polar surface area (TPSA) is 105 Å². The van der Waals surface area contributed by atoms with Crippen molar-refractivity contribution in [3.8, 4) is 11.5 Å². The highest BCUT2D eigenvalue weighted by molar-refractivity contribution is 7.91. The van der Waals surface area contributed by atoms with Crippen molar-refractivity contribution in [2.45, 2.75) is 31.6 Å². The van der Waals surface area contributed by atoms with Crippen LogP contribution >= 0.6 is 0 Å². The van der Waals surface area contributed by atoms with E-state index in [-0.39, 0.29) is 6.04 Å². The number of hydrogen-bond donors (Lipinski definition) is 1. The van der Waals surface area contributed by atoms with Gasteiger partial charge >= 0.3 is 0 Å². The van der Waals surface area contributed by atoms with Gasteiger partial charge in [0.15, 0.2) is 15.7 Å². The van der Waals surface area contributed by atoms with Crippen LogP contribution in [0.2, 0.25) is 0 Å². The summed E-state index contributed by atoms with van der Waals surface area (Å²) in [7, 11) is -3.38. The third-order valence-electron chi connectivity index (χ3n) is 5.47. The van der Waals surface area contributed by atoms with Gasteiger partial charge in [-0.15, -0.1) is 5.10 Å². The van der Waals surface area contributed by atoms with Crippen molar-refractivity contribution in [3.63, 3.8) is 0 Å². The number of ether oxygens (including phenoxy) is 1. The highest BCUT2D eigenvalue weighted by Gasteiger charge is 2.36. The van der Waals surface area contributed by atoms with Crippen LogP contribution in [0, 0.1) is 0 Å². The fourth-order valence-corrected chi connectivity index (χ4v) is 3.98. The number of aromatic nitrogens is 5. The molecule has 0 aliphatic carbocycles. The molecule has 1 saturated heterocycles. The number of fused-ring (bicyclic) bond motifs is 1. The van der Waals surface area contributed by atoms with Crippen molar-refractivity contribution in [1.29, 1.82) is 0 Å². The average Bonchev–Trinajstić information content (AvgIpc) is 3.29. The molecule has 1 fully saturated rings. The maximum absolute atomic E-state index is 12.6. The van der Waals surface area contributed by atoms with Crippen LogP contribution in [0.5, 0.6) is 0 Å². The molecule has 0 bridgehead atoms. The lowest BCUT2D eigenvalue weighted by Gasteiger charge is -2.35. The molecule has 0 saturated carbocycles. The molecule has 0 radical (unpaired) electrons. The Kier molecular flexibility index (Phi) is 4.42. The van der Waals surface area contributed by atoms with Crippen molar-refractivity contribution in [2.24, 2.45) is 0 Å². The summed E-state index contributed by atoms with van der Waals surface area (Å²) in [5.74, 6) is 1.29. The molecule has 28 heavy (non-hydrogen) atoms. The molecule has 1 aliphatic rings. The largest absolute Gasteiger partial charge is 0.377 e. The summed E-state index contributed by atoms with van der Waals surface area (Å²) in [4.78, 5) is 6.63. The highest BCUT2D eigenvalue weighted by Crippen LogP contribution is 2.35.